The van der Waals surface area contributed by atoms with E-state index in [0.717, 1.165) is 40.2 Å². The predicted octanol–water partition coefficient (Wildman–Crippen LogP) is 8.74. The van der Waals surface area contributed by atoms with E-state index in [-0.39, 0.29) is 0 Å². The molecule has 6 rings (SSSR count). The van der Waals surface area contributed by atoms with Gasteiger partial charge in [-0.15, -0.1) is 23.5 Å². The number of pyridine rings is 1. The summed E-state index contributed by atoms with van der Waals surface area (Å²) in [7, 11) is 0. The number of aliphatic carboxylic acids is 1. The number of ether oxygens (including phenoxy) is 1. The number of carboxylic acid groups (broad SMARTS) is 1. The van der Waals surface area contributed by atoms with Crippen molar-refractivity contribution in [1.29, 1.82) is 0 Å². The maximum Gasteiger partial charge on any atom is 0.309 e. The van der Waals surface area contributed by atoms with Crippen molar-refractivity contribution in [3.05, 3.63) is 108 Å². The van der Waals surface area contributed by atoms with E-state index in [2.05, 4.69) is 77.3 Å². The molecule has 7 heteroatoms. The van der Waals surface area contributed by atoms with Gasteiger partial charge in [-0.05, 0) is 68.0 Å². The molecule has 5 aromatic rings. The fraction of sp³-hybridized carbons (Fsp3) is 0.278. The molecule has 220 valence electrons. The lowest BCUT2D eigenvalue weighted by molar-refractivity contribution is -0.146. The molecule has 0 amide bonds. The Morgan fingerprint density at radius 1 is 1.05 bits per heavy atom. The Kier molecular flexibility index (Phi) is 8.29. The average molecular weight is 609 g/mol. The van der Waals surface area contributed by atoms with Crippen molar-refractivity contribution in [2.45, 2.75) is 61.8 Å². The van der Waals surface area contributed by atoms with Gasteiger partial charge in [0.15, 0.2) is 0 Å². The maximum atomic E-state index is 12.3. The quantitative estimate of drug-likeness (QED) is 0.160. The van der Waals surface area contributed by atoms with Crippen molar-refractivity contribution in [3.8, 4) is 16.9 Å². The summed E-state index contributed by atoms with van der Waals surface area (Å²) in [6.07, 6.45) is 5.32. The first-order valence-electron chi connectivity index (χ1n) is 14.6. The Labute approximate surface area is 261 Å². The minimum absolute atomic E-state index is 0.340. The first-order valence-corrected chi connectivity index (χ1v) is 16.7. The molecule has 1 unspecified atom stereocenters. The van der Waals surface area contributed by atoms with Gasteiger partial charge in [0.25, 0.3) is 0 Å². The van der Waals surface area contributed by atoms with Crippen LogP contribution < -0.4 is 4.74 Å². The Bertz CT molecular complexity index is 1760. The molecule has 43 heavy (non-hydrogen) atoms. The molecule has 5 nitrogen and oxygen atoms in total. The number of thioether (sulfide) groups is 2. The van der Waals surface area contributed by atoms with E-state index in [0.29, 0.717) is 24.8 Å². The molecule has 1 aliphatic rings. The van der Waals surface area contributed by atoms with Crippen LogP contribution in [0.25, 0.3) is 22.0 Å². The molecular weight excluding hydrogens is 573 g/mol. The molecule has 0 saturated carbocycles. The van der Waals surface area contributed by atoms with Gasteiger partial charge in [-0.25, -0.2) is 0 Å². The molecular formula is C36H36N2O3S2. The first-order chi connectivity index (χ1) is 20.7. The van der Waals surface area contributed by atoms with Crippen LogP contribution in [0.4, 0.5) is 0 Å². The Morgan fingerprint density at radius 2 is 1.81 bits per heavy atom. The molecule has 0 bridgehead atoms. The van der Waals surface area contributed by atoms with Crippen molar-refractivity contribution in [2.24, 2.45) is 5.41 Å². The summed E-state index contributed by atoms with van der Waals surface area (Å²) in [5.74, 6) is 0.0880. The van der Waals surface area contributed by atoms with Crippen LogP contribution >= 0.6 is 23.5 Å². The topological polar surface area (TPSA) is 64.4 Å². The lowest BCUT2D eigenvalue weighted by Crippen LogP contribution is -2.28. The standard InChI is InChI=1S/C36H36N2O3S2/c1-23-18-29-32(41-22-27-13-12-26(20-37-27)25-8-6-5-7-9-25)17-16-30-33(29)34(43-23)31(19-36(2,3)35(39)40)38(30)21-24-10-14-28(42-4)15-11-24/h5-17,20,23H,18-19,21-22H2,1-4H3,(H,39,40). The summed E-state index contributed by atoms with van der Waals surface area (Å²) in [6.45, 7) is 6.94. The largest absolute Gasteiger partial charge is 0.487 e. The minimum atomic E-state index is -0.899. The van der Waals surface area contributed by atoms with Gasteiger partial charge < -0.3 is 14.4 Å². The molecule has 3 aromatic carbocycles. The third kappa shape index (κ3) is 6.06. The van der Waals surface area contributed by atoms with Gasteiger partial charge in [0.05, 0.1) is 16.6 Å². The second kappa shape index (κ2) is 12.1. The van der Waals surface area contributed by atoms with E-state index >= 15 is 0 Å². The molecule has 0 radical (unpaired) electrons. The van der Waals surface area contributed by atoms with Gasteiger partial charge in [0, 0.05) is 56.4 Å². The number of carboxylic acids is 1. The van der Waals surface area contributed by atoms with Crippen molar-refractivity contribution < 1.29 is 14.6 Å². The first kappa shape index (κ1) is 29.4. The Morgan fingerprint density at radius 3 is 2.49 bits per heavy atom. The van der Waals surface area contributed by atoms with Crippen molar-refractivity contribution in [3.63, 3.8) is 0 Å². The zero-order valence-electron chi connectivity index (χ0n) is 25.0. The lowest BCUT2D eigenvalue weighted by Gasteiger charge is -2.24. The van der Waals surface area contributed by atoms with Crippen LogP contribution in [0.15, 0.2) is 94.9 Å². The van der Waals surface area contributed by atoms with Crippen LogP contribution in [0, 0.1) is 5.41 Å². The van der Waals surface area contributed by atoms with Crippen LogP contribution in [0.5, 0.6) is 5.75 Å². The van der Waals surface area contributed by atoms with E-state index in [4.69, 9.17) is 4.74 Å². The van der Waals surface area contributed by atoms with Crippen molar-refractivity contribution in [2.75, 3.05) is 6.26 Å². The number of rotatable bonds is 10. The number of aromatic nitrogens is 2. The fourth-order valence-electron chi connectivity index (χ4n) is 5.73. The van der Waals surface area contributed by atoms with Gasteiger partial charge >= 0.3 is 5.97 Å². The molecule has 1 atom stereocenters. The van der Waals surface area contributed by atoms with E-state index in [1.54, 1.807) is 11.8 Å². The molecule has 0 spiro atoms. The molecule has 0 aliphatic carbocycles. The van der Waals surface area contributed by atoms with Crippen LogP contribution in [0.2, 0.25) is 0 Å². The smallest absolute Gasteiger partial charge is 0.309 e. The van der Waals surface area contributed by atoms with Gasteiger partial charge in [-0.1, -0.05) is 55.5 Å². The number of benzene rings is 3. The van der Waals surface area contributed by atoms with Gasteiger partial charge in [0.1, 0.15) is 12.4 Å². The molecule has 2 aromatic heterocycles. The normalized spacial score (nSPS) is 14.7. The molecule has 0 saturated heterocycles. The molecule has 1 aliphatic heterocycles. The molecule has 1 N–H and O–H groups in total. The summed E-state index contributed by atoms with van der Waals surface area (Å²) in [5.41, 5.74) is 6.81. The zero-order valence-corrected chi connectivity index (χ0v) is 26.6. The number of nitrogens with zero attached hydrogens (tertiary/aromatic N) is 2. The Hall–Kier alpha value is -3.68. The van der Waals surface area contributed by atoms with E-state index in [1.165, 1.54) is 26.3 Å². The minimum Gasteiger partial charge on any atom is -0.487 e. The SMILES string of the molecule is CSc1ccc(Cn2c(CC(C)(C)C(=O)O)c3c4c(c(OCc5ccc(-c6ccccc6)cn5)ccc42)CC(C)S3)cc1. The van der Waals surface area contributed by atoms with Crippen molar-refractivity contribution >= 4 is 40.4 Å². The monoisotopic (exact) mass is 608 g/mol. The highest BCUT2D eigenvalue weighted by Crippen LogP contribution is 2.48. The highest BCUT2D eigenvalue weighted by molar-refractivity contribution is 8.00. The van der Waals surface area contributed by atoms with Gasteiger partial charge in [-0.2, -0.15) is 0 Å². The Balaban J connectivity index is 1.37. The lowest BCUT2D eigenvalue weighted by atomic mass is 9.87. The third-order valence-corrected chi connectivity index (χ3v) is 10.1. The number of hydrogen-bond acceptors (Lipinski definition) is 5. The highest BCUT2D eigenvalue weighted by Gasteiger charge is 2.34. The third-order valence-electron chi connectivity index (χ3n) is 8.16. The van der Waals surface area contributed by atoms with E-state index in [1.807, 2.05) is 56.1 Å². The predicted molar refractivity (Wildman–Crippen MR) is 177 cm³/mol. The average Bonchev–Trinajstić information content (AvgIpc) is 3.29. The van der Waals surface area contributed by atoms with Crippen LogP contribution in [0.1, 0.15) is 43.3 Å². The van der Waals surface area contributed by atoms with Crippen molar-refractivity contribution in [1.82, 2.24) is 9.55 Å². The van der Waals surface area contributed by atoms with Gasteiger partial charge in [-0.3, -0.25) is 9.78 Å². The van der Waals surface area contributed by atoms with E-state index < -0.39 is 11.4 Å². The highest BCUT2D eigenvalue weighted by atomic mass is 32.2. The maximum absolute atomic E-state index is 12.3. The molecule has 0 fully saturated rings. The second-order valence-corrected chi connectivity index (χ2v) is 14.2. The summed E-state index contributed by atoms with van der Waals surface area (Å²) in [5, 5.41) is 11.6. The zero-order chi connectivity index (χ0) is 30.1. The number of carbonyl (C=O) groups is 1. The summed E-state index contributed by atoms with van der Waals surface area (Å²) in [6, 6.07) is 27.3. The number of hydrogen-bond donors (Lipinski definition) is 1. The van der Waals surface area contributed by atoms with E-state index in [9.17, 15) is 9.90 Å². The van der Waals surface area contributed by atoms with Gasteiger partial charge in [0.2, 0.25) is 0 Å². The van der Waals surface area contributed by atoms with Crippen LogP contribution in [0.3, 0.4) is 0 Å². The van der Waals surface area contributed by atoms with Crippen LogP contribution in [-0.2, 0) is 30.8 Å². The summed E-state index contributed by atoms with van der Waals surface area (Å²) in [4.78, 5) is 19.4. The second-order valence-electron chi connectivity index (χ2n) is 11.8. The fourth-order valence-corrected chi connectivity index (χ4v) is 7.45. The van der Waals surface area contributed by atoms with Crippen LogP contribution in [-0.4, -0.2) is 32.1 Å². The summed E-state index contributed by atoms with van der Waals surface area (Å²) < 4.78 is 8.80. The molecule has 3 heterocycles. The summed E-state index contributed by atoms with van der Waals surface area (Å²) >= 11 is 3.59.